The lowest BCUT2D eigenvalue weighted by atomic mass is 9.95. The summed E-state index contributed by atoms with van der Waals surface area (Å²) in [5, 5.41) is 2.54. The number of aryl methyl sites for hydroxylation is 1. The molecule has 0 amide bonds. The first-order valence-corrected chi connectivity index (χ1v) is 7.45. The number of pyridine rings is 1. The van der Waals surface area contributed by atoms with Crippen LogP contribution >= 0.6 is 0 Å². The Labute approximate surface area is 125 Å². The molecule has 3 aromatic rings. The van der Waals surface area contributed by atoms with E-state index in [9.17, 15) is 0 Å². The Morgan fingerprint density at radius 2 is 1.71 bits per heavy atom. The molecule has 0 saturated carbocycles. The third-order valence-corrected chi connectivity index (χ3v) is 3.98. The molecule has 0 bridgehead atoms. The Kier molecular flexibility index (Phi) is 3.98. The molecule has 2 nitrogen and oxygen atoms in total. The van der Waals surface area contributed by atoms with E-state index in [1.807, 2.05) is 12.3 Å². The van der Waals surface area contributed by atoms with Crippen LogP contribution in [0.2, 0.25) is 0 Å². The third-order valence-electron chi connectivity index (χ3n) is 3.98. The van der Waals surface area contributed by atoms with E-state index in [1.165, 1.54) is 21.9 Å². The summed E-state index contributed by atoms with van der Waals surface area (Å²) in [5.74, 6) is 0. The summed E-state index contributed by atoms with van der Waals surface area (Å²) in [4.78, 5) is 4.50. The molecule has 0 aliphatic rings. The van der Waals surface area contributed by atoms with Crippen LogP contribution < -0.4 is 5.73 Å². The fourth-order valence-electron chi connectivity index (χ4n) is 2.89. The predicted octanol–water partition coefficient (Wildman–Crippen LogP) is 4.04. The summed E-state index contributed by atoms with van der Waals surface area (Å²) < 4.78 is 0. The second kappa shape index (κ2) is 6.06. The number of nitrogens with zero attached hydrogens (tertiary/aromatic N) is 1. The van der Waals surface area contributed by atoms with E-state index in [-0.39, 0.29) is 6.04 Å². The van der Waals surface area contributed by atoms with Gasteiger partial charge < -0.3 is 5.73 Å². The van der Waals surface area contributed by atoms with Gasteiger partial charge in [0.1, 0.15) is 0 Å². The number of hydrogen-bond acceptors (Lipinski definition) is 2. The molecular weight excluding hydrogens is 256 g/mol. The zero-order chi connectivity index (χ0) is 14.7. The molecule has 1 heterocycles. The summed E-state index contributed by atoms with van der Waals surface area (Å²) >= 11 is 0. The minimum absolute atomic E-state index is 0.0630. The average Bonchev–Trinajstić information content (AvgIpc) is 2.55. The second-order valence-corrected chi connectivity index (χ2v) is 5.35. The van der Waals surface area contributed by atoms with Gasteiger partial charge in [0.05, 0.1) is 11.7 Å². The Morgan fingerprint density at radius 3 is 2.57 bits per heavy atom. The molecule has 1 unspecified atom stereocenters. The molecule has 3 rings (SSSR count). The maximum Gasteiger partial charge on any atom is 0.0606 e. The van der Waals surface area contributed by atoms with Crippen molar-refractivity contribution in [3.8, 4) is 0 Å². The van der Waals surface area contributed by atoms with Gasteiger partial charge in [-0.05, 0) is 40.8 Å². The number of aromatic nitrogens is 1. The average molecular weight is 276 g/mol. The van der Waals surface area contributed by atoms with Crippen molar-refractivity contribution in [1.82, 2.24) is 4.98 Å². The number of rotatable bonds is 4. The number of fused-ring (bicyclic) bond motifs is 1. The van der Waals surface area contributed by atoms with Gasteiger partial charge in [0, 0.05) is 6.20 Å². The zero-order valence-corrected chi connectivity index (χ0v) is 12.3. The summed E-state index contributed by atoms with van der Waals surface area (Å²) in [6.07, 6.45) is 3.61. The van der Waals surface area contributed by atoms with Crippen LogP contribution in [0.15, 0.2) is 60.8 Å². The van der Waals surface area contributed by atoms with Crippen molar-refractivity contribution < 1.29 is 0 Å². The third kappa shape index (κ3) is 2.81. The quantitative estimate of drug-likeness (QED) is 0.781. The van der Waals surface area contributed by atoms with E-state index >= 15 is 0 Å². The Bertz CT molecular complexity index is 744. The highest BCUT2D eigenvalue weighted by Gasteiger charge is 2.13. The largest absolute Gasteiger partial charge is 0.322 e. The van der Waals surface area contributed by atoms with Crippen LogP contribution in [0, 0.1) is 0 Å². The molecule has 0 radical (unpaired) electrons. The standard InChI is InChI=1S/C19H20N2/c1-2-14-10-6-12-21-19(14)18(20)13-16-9-5-8-15-7-3-4-11-17(15)16/h3-12,18H,2,13,20H2,1H3. The van der Waals surface area contributed by atoms with Crippen LogP contribution in [0.3, 0.4) is 0 Å². The molecule has 0 spiro atoms. The van der Waals surface area contributed by atoms with Crippen molar-refractivity contribution in [2.45, 2.75) is 25.8 Å². The number of nitrogens with two attached hydrogens (primary N) is 1. The first-order valence-electron chi connectivity index (χ1n) is 7.45. The van der Waals surface area contributed by atoms with Crippen LogP contribution in [0.1, 0.15) is 29.8 Å². The normalized spacial score (nSPS) is 12.5. The van der Waals surface area contributed by atoms with E-state index in [4.69, 9.17) is 5.73 Å². The smallest absolute Gasteiger partial charge is 0.0606 e. The van der Waals surface area contributed by atoms with Gasteiger partial charge in [-0.3, -0.25) is 4.98 Å². The highest BCUT2D eigenvalue weighted by atomic mass is 14.8. The van der Waals surface area contributed by atoms with Crippen molar-refractivity contribution in [2.24, 2.45) is 5.73 Å². The summed E-state index contributed by atoms with van der Waals surface area (Å²) in [7, 11) is 0. The van der Waals surface area contributed by atoms with Gasteiger partial charge in [-0.25, -0.2) is 0 Å². The van der Waals surface area contributed by atoms with Gasteiger partial charge in [-0.1, -0.05) is 55.5 Å². The Hall–Kier alpha value is -2.19. The lowest BCUT2D eigenvalue weighted by Crippen LogP contribution is -2.17. The van der Waals surface area contributed by atoms with Gasteiger partial charge in [-0.15, -0.1) is 0 Å². The van der Waals surface area contributed by atoms with Crippen LogP contribution in [-0.4, -0.2) is 4.98 Å². The molecular formula is C19H20N2. The summed E-state index contributed by atoms with van der Waals surface area (Å²) in [5.41, 5.74) is 9.98. The van der Waals surface area contributed by atoms with E-state index < -0.39 is 0 Å². The fraction of sp³-hybridized carbons (Fsp3) is 0.211. The van der Waals surface area contributed by atoms with Crippen LogP contribution in [0.4, 0.5) is 0 Å². The Balaban J connectivity index is 1.95. The Morgan fingerprint density at radius 1 is 0.952 bits per heavy atom. The molecule has 1 aromatic heterocycles. The molecule has 0 aliphatic carbocycles. The maximum absolute atomic E-state index is 6.43. The van der Waals surface area contributed by atoms with Crippen LogP contribution in [0.5, 0.6) is 0 Å². The van der Waals surface area contributed by atoms with Gasteiger partial charge >= 0.3 is 0 Å². The van der Waals surface area contributed by atoms with Gasteiger partial charge in [-0.2, -0.15) is 0 Å². The van der Waals surface area contributed by atoms with E-state index in [0.29, 0.717) is 0 Å². The highest BCUT2D eigenvalue weighted by Crippen LogP contribution is 2.24. The van der Waals surface area contributed by atoms with E-state index in [1.54, 1.807) is 0 Å². The molecule has 0 saturated heterocycles. The summed E-state index contributed by atoms with van der Waals surface area (Å²) in [6.45, 7) is 2.14. The minimum atomic E-state index is -0.0630. The number of benzene rings is 2. The maximum atomic E-state index is 6.43. The molecule has 2 N–H and O–H groups in total. The highest BCUT2D eigenvalue weighted by molar-refractivity contribution is 5.85. The fourth-order valence-corrected chi connectivity index (χ4v) is 2.89. The molecule has 1 atom stereocenters. The van der Waals surface area contributed by atoms with Gasteiger partial charge in [0.15, 0.2) is 0 Å². The molecule has 0 aliphatic heterocycles. The number of hydrogen-bond donors (Lipinski definition) is 1. The van der Waals surface area contributed by atoms with E-state index in [2.05, 4.69) is 60.4 Å². The molecule has 106 valence electrons. The lowest BCUT2D eigenvalue weighted by molar-refractivity contribution is 0.688. The van der Waals surface area contributed by atoms with Gasteiger partial charge in [0.25, 0.3) is 0 Å². The van der Waals surface area contributed by atoms with Gasteiger partial charge in [0.2, 0.25) is 0 Å². The van der Waals surface area contributed by atoms with Crippen molar-refractivity contribution in [2.75, 3.05) is 0 Å². The lowest BCUT2D eigenvalue weighted by Gasteiger charge is -2.16. The van der Waals surface area contributed by atoms with E-state index in [0.717, 1.165) is 18.5 Å². The second-order valence-electron chi connectivity index (χ2n) is 5.35. The zero-order valence-electron chi connectivity index (χ0n) is 12.3. The van der Waals surface area contributed by atoms with Crippen LogP contribution in [0.25, 0.3) is 10.8 Å². The molecule has 21 heavy (non-hydrogen) atoms. The first-order chi connectivity index (χ1) is 10.3. The molecule has 2 heteroatoms. The first kappa shape index (κ1) is 13.8. The predicted molar refractivity (Wildman–Crippen MR) is 88.2 cm³/mol. The molecule has 2 aromatic carbocycles. The monoisotopic (exact) mass is 276 g/mol. The van der Waals surface area contributed by atoms with Crippen LogP contribution in [-0.2, 0) is 12.8 Å². The summed E-state index contributed by atoms with van der Waals surface area (Å²) in [6, 6.07) is 18.9. The van der Waals surface area contributed by atoms with Crippen molar-refractivity contribution >= 4 is 10.8 Å². The van der Waals surface area contributed by atoms with Crippen molar-refractivity contribution in [1.29, 1.82) is 0 Å². The SMILES string of the molecule is CCc1cccnc1C(N)Cc1cccc2ccccc12. The minimum Gasteiger partial charge on any atom is -0.322 e. The molecule has 0 fully saturated rings. The topological polar surface area (TPSA) is 38.9 Å². The van der Waals surface area contributed by atoms with Crippen molar-refractivity contribution in [3.63, 3.8) is 0 Å². The van der Waals surface area contributed by atoms with Crippen molar-refractivity contribution in [3.05, 3.63) is 77.6 Å².